The Morgan fingerprint density at radius 1 is 0.826 bits per heavy atom. The van der Waals surface area contributed by atoms with Crippen LogP contribution in [0, 0.1) is 0 Å². The van der Waals surface area contributed by atoms with Crippen molar-refractivity contribution in [2.75, 3.05) is 0 Å². The van der Waals surface area contributed by atoms with Gasteiger partial charge in [-0.1, -0.05) is 70.4 Å². The monoisotopic (exact) mass is 321 g/mol. The molecule has 0 radical (unpaired) electrons. The summed E-state index contributed by atoms with van der Waals surface area (Å²) in [7, 11) is 0. The standard InChI is InChI=1S/C21H39NO/c1-2-3-4-5-6-7-8-9-10-11-12-13-14-15-16-17-21(23)22-20-18-19-20/h9-10,20H,2-8,11-19H2,1H3,(H,22,23)/b10-9+. The summed E-state index contributed by atoms with van der Waals surface area (Å²) in [4.78, 5) is 11.5. The van der Waals surface area contributed by atoms with Crippen molar-refractivity contribution in [3.63, 3.8) is 0 Å². The summed E-state index contributed by atoms with van der Waals surface area (Å²) in [6.45, 7) is 2.27. The van der Waals surface area contributed by atoms with Crippen LogP contribution in [0.3, 0.4) is 0 Å². The highest BCUT2D eigenvalue weighted by molar-refractivity contribution is 5.76. The highest BCUT2D eigenvalue weighted by Gasteiger charge is 2.22. The smallest absolute Gasteiger partial charge is 0.220 e. The van der Waals surface area contributed by atoms with Crippen LogP contribution >= 0.6 is 0 Å². The Morgan fingerprint density at radius 2 is 1.35 bits per heavy atom. The van der Waals surface area contributed by atoms with Crippen LogP contribution in [0.5, 0.6) is 0 Å². The molecule has 0 aliphatic heterocycles. The van der Waals surface area contributed by atoms with Gasteiger partial charge >= 0.3 is 0 Å². The maximum Gasteiger partial charge on any atom is 0.220 e. The van der Waals surface area contributed by atoms with Crippen molar-refractivity contribution in [3.05, 3.63) is 12.2 Å². The van der Waals surface area contributed by atoms with E-state index in [0.29, 0.717) is 6.04 Å². The highest BCUT2D eigenvalue weighted by atomic mass is 16.1. The van der Waals surface area contributed by atoms with Gasteiger partial charge in [0, 0.05) is 12.5 Å². The average molecular weight is 322 g/mol. The zero-order valence-corrected chi connectivity index (χ0v) is 15.5. The fourth-order valence-electron chi connectivity index (χ4n) is 2.88. The molecule has 23 heavy (non-hydrogen) atoms. The first kappa shape index (κ1) is 20.3. The number of hydrogen-bond donors (Lipinski definition) is 1. The van der Waals surface area contributed by atoms with Crippen LogP contribution in [0.4, 0.5) is 0 Å². The van der Waals surface area contributed by atoms with Gasteiger partial charge in [0.2, 0.25) is 5.91 Å². The average Bonchev–Trinajstić information content (AvgIpc) is 3.35. The van der Waals surface area contributed by atoms with Crippen LogP contribution in [-0.2, 0) is 4.79 Å². The maximum atomic E-state index is 11.5. The molecule has 1 rings (SSSR count). The number of carbonyl (C=O) groups excluding carboxylic acids is 1. The van der Waals surface area contributed by atoms with Crippen LogP contribution in [0.25, 0.3) is 0 Å². The number of hydrogen-bond acceptors (Lipinski definition) is 1. The summed E-state index contributed by atoms with van der Waals surface area (Å²) >= 11 is 0. The van der Waals surface area contributed by atoms with E-state index in [0.717, 1.165) is 12.8 Å². The molecular formula is C21H39NO. The summed E-state index contributed by atoms with van der Waals surface area (Å²) in [5, 5.41) is 3.06. The van der Waals surface area contributed by atoms with Crippen LogP contribution < -0.4 is 5.32 Å². The second-order valence-corrected chi connectivity index (χ2v) is 7.18. The normalized spacial score (nSPS) is 14.5. The van der Waals surface area contributed by atoms with Crippen molar-refractivity contribution < 1.29 is 4.79 Å². The molecule has 0 aromatic heterocycles. The van der Waals surface area contributed by atoms with Gasteiger partial charge < -0.3 is 5.32 Å². The van der Waals surface area contributed by atoms with Crippen molar-refractivity contribution >= 4 is 5.91 Å². The Labute approximate surface area is 144 Å². The molecule has 1 fully saturated rings. The first-order chi connectivity index (χ1) is 11.3. The van der Waals surface area contributed by atoms with Crippen molar-refractivity contribution in [2.45, 2.75) is 116 Å². The van der Waals surface area contributed by atoms with E-state index in [1.807, 2.05) is 0 Å². The molecule has 0 unspecified atom stereocenters. The van der Waals surface area contributed by atoms with E-state index < -0.39 is 0 Å². The molecule has 0 aromatic rings. The molecule has 134 valence electrons. The minimum absolute atomic E-state index is 0.269. The molecule has 0 heterocycles. The molecule has 0 atom stereocenters. The summed E-state index contributed by atoms with van der Waals surface area (Å²) in [5.74, 6) is 0.269. The molecule has 2 nitrogen and oxygen atoms in total. The van der Waals surface area contributed by atoms with Gasteiger partial charge in [-0.3, -0.25) is 4.79 Å². The maximum absolute atomic E-state index is 11.5. The van der Waals surface area contributed by atoms with Gasteiger partial charge in [0.1, 0.15) is 0 Å². The molecule has 0 bridgehead atoms. The second-order valence-electron chi connectivity index (χ2n) is 7.18. The van der Waals surface area contributed by atoms with Gasteiger partial charge in [-0.2, -0.15) is 0 Å². The topological polar surface area (TPSA) is 29.1 Å². The fraction of sp³-hybridized carbons (Fsp3) is 0.857. The lowest BCUT2D eigenvalue weighted by Crippen LogP contribution is -2.24. The number of allylic oxidation sites excluding steroid dienone is 2. The summed E-state index contributed by atoms with van der Waals surface area (Å²) < 4.78 is 0. The third kappa shape index (κ3) is 14.5. The lowest BCUT2D eigenvalue weighted by Gasteiger charge is -2.03. The van der Waals surface area contributed by atoms with Gasteiger partial charge in [-0.25, -0.2) is 0 Å². The Morgan fingerprint density at radius 3 is 1.91 bits per heavy atom. The van der Waals surface area contributed by atoms with Crippen LogP contribution in [0.1, 0.15) is 110 Å². The van der Waals surface area contributed by atoms with Crippen molar-refractivity contribution in [3.8, 4) is 0 Å². The number of unbranched alkanes of at least 4 members (excludes halogenated alkanes) is 11. The Bertz CT molecular complexity index is 307. The molecule has 1 aliphatic rings. The summed E-state index contributed by atoms with van der Waals surface area (Å²) in [6.07, 6.45) is 24.9. The predicted molar refractivity (Wildman–Crippen MR) is 101 cm³/mol. The zero-order chi connectivity index (χ0) is 16.6. The van der Waals surface area contributed by atoms with Crippen LogP contribution in [-0.4, -0.2) is 11.9 Å². The largest absolute Gasteiger partial charge is 0.353 e. The fourth-order valence-corrected chi connectivity index (χ4v) is 2.88. The number of nitrogens with one attached hydrogen (secondary N) is 1. The number of amides is 1. The Kier molecular flexibility index (Phi) is 13.0. The second kappa shape index (κ2) is 14.8. The minimum atomic E-state index is 0.269. The summed E-state index contributed by atoms with van der Waals surface area (Å²) in [5.41, 5.74) is 0. The van der Waals surface area contributed by atoms with Crippen molar-refractivity contribution in [1.29, 1.82) is 0 Å². The lowest BCUT2D eigenvalue weighted by atomic mass is 10.1. The first-order valence-corrected chi connectivity index (χ1v) is 10.3. The minimum Gasteiger partial charge on any atom is -0.353 e. The molecule has 1 N–H and O–H groups in total. The Hall–Kier alpha value is -0.790. The molecule has 2 heteroatoms. The van der Waals surface area contributed by atoms with Gasteiger partial charge in [0.05, 0.1) is 0 Å². The summed E-state index contributed by atoms with van der Waals surface area (Å²) in [6, 6.07) is 0.519. The molecule has 0 aromatic carbocycles. The molecule has 1 saturated carbocycles. The van der Waals surface area contributed by atoms with E-state index >= 15 is 0 Å². The van der Waals surface area contributed by atoms with Gasteiger partial charge in [-0.15, -0.1) is 0 Å². The Balaban J connectivity index is 1.71. The van der Waals surface area contributed by atoms with E-state index in [9.17, 15) is 4.79 Å². The van der Waals surface area contributed by atoms with E-state index in [-0.39, 0.29) is 5.91 Å². The predicted octanol–water partition coefficient (Wildman–Crippen LogP) is 6.30. The third-order valence-electron chi connectivity index (χ3n) is 4.61. The first-order valence-electron chi connectivity index (χ1n) is 10.3. The van der Waals surface area contributed by atoms with Crippen LogP contribution in [0.2, 0.25) is 0 Å². The third-order valence-corrected chi connectivity index (χ3v) is 4.61. The molecular weight excluding hydrogens is 282 g/mol. The van der Waals surface area contributed by atoms with E-state index in [1.54, 1.807) is 0 Å². The van der Waals surface area contributed by atoms with Crippen molar-refractivity contribution in [1.82, 2.24) is 5.32 Å². The highest BCUT2D eigenvalue weighted by Crippen LogP contribution is 2.19. The number of rotatable bonds is 16. The number of carbonyl (C=O) groups is 1. The van der Waals surface area contributed by atoms with Crippen molar-refractivity contribution in [2.24, 2.45) is 0 Å². The molecule has 1 aliphatic carbocycles. The van der Waals surface area contributed by atoms with Gasteiger partial charge in [-0.05, 0) is 44.9 Å². The molecule has 1 amide bonds. The van der Waals surface area contributed by atoms with Gasteiger partial charge in [0.15, 0.2) is 0 Å². The van der Waals surface area contributed by atoms with Gasteiger partial charge in [0.25, 0.3) is 0 Å². The van der Waals surface area contributed by atoms with E-state index in [1.165, 1.54) is 89.9 Å². The lowest BCUT2D eigenvalue weighted by molar-refractivity contribution is -0.121. The van der Waals surface area contributed by atoms with E-state index in [2.05, 4.69) is 24.4 Å². The molecule has 0 saturated heterocycles. The SMILES string of the molecule is CCCCCCCC/C=C/CCCCCCCC(=O)NC1CC1. The van der Waals surface area contributed by atoms with Crippen LogP contribution in [0.15, 0.2) is 12.2 Å². The van der Waals surface area contributed by atoms with E-state index in [4.69, 9.17) is 0 Å². The molecule has 0 spiro atoms. The zero-order valence-electron chi connectivity index (χ0n) is 15.5. The quantitative estimate of drug-likeness (QED) is 0.262.